The Hall–Kier alpha value is 0.01000. The molecule has 0 bridgehead atoms. The Balaban J connectivity index is 4.73. The van der Waals surface area contributed by atoms with Gasteiger partial charge in [-0.25, -0.2) is 0 Å². The van der Waals surface area contributed by atoms with Gasteiger partial charge in [-0.2, -0.15) is 0 Å². The van der Waals surface area contributed by atoms with E-state index in [0.29, 0.717) is 0 Å². The molecule has 0 aromatic heterocycles. The van der Waals surface area contributed by atoms with Crippen molar-refractivity contribution >= 4 is 22.6 Å². The highest BCUT2D eigenvalue weighted by Gasteiger charge is 2.17. The predicted octanol–water partition coefficient (Wildman–Crippen LogP) is 3.21. The largest absolute Gasteiger partial charge is 0.404 e. The summed E-state index contributed by atoms with van der Waals surface area (Å²) < 4.78 is 1.23. The van der Waals surface area contributed by atoms with Gasteiger partial charge in [-0.3, -0.25) is 0 Å². The van der Waals surface area contributed by atoms with Crippen LogP contribution in [-0.2, 0) is 0 Å². The van der Waals surface area contributed by atoms with Crippen molar-refractivity contribution in [1.82, 2.24) is 0 Å². The molecule has 0 saturated carbocycles. The summed E-state index contributed by atoms with van der Waals surface area (Å²) in [4.78, 5) is 0. The van der Waals surface area contributed by atoms with Gasteiger partial charge in [-0.1, -0.05) is 26.8 Å². The molecule has 0 rings (SSSR count). The summed E-state index contributed by atoms with van der Waals surface area (Å²) in [6.07, 6.45) is 3.77. The van der Waals surface area contributed by atoms with E-state index in [4.69, 9.17) is 5.73 Å². The first-order chi connectivity index (χ1) is 4.93. The fourth-order valence-corrected chi connectivity index (χ4v) is 1.83. The van der Waals surface area contributed by atoms with Crippen molar-refractivity contribution in [2.75, 3.05) is 0 Å². The number of hydrogen-bond acceptors (Lipinski definition) is 1. The van der Waals surface area contributed by atoms with Gasteiger partial charge in [0, 0.05) is 3.58 Å². The second-order valence-corrected chi connectivity index (χ2v) is 4.63. The van der Waals surface area contributed by atoms with Gasteiger partial charge in [0.05, 0.1) is 0 Å². The van der Waals surface area contributed by atoms with Crippen LogP contribution in [0.15, 0.2) is 21.4 Å². The molecule has 0 aromatic carbocycles. The topological polar surface area (TPSA) is 26.0 Å². The summed E-state index contributed by atoms with van der Waals surface area (Å²) in [7, 11) is 0. The molecule has 0 amide bonds. The monoisotopic (exact) mass is 265 g/mol. The molecular weight excluding hydrogens is 249 g/mol. The van der Waals surface area contributed by atoms with Gasteiger partial charge in [0.2, 0.25) is 0 Å². The Kier molecular flexibility index (Phi) is 4.14. The molecule has 0 aromatic rings. The molecule has 0 aliphatic heterocycles. The Morgan fingerprint density at radius 3 is 1.91 bits per heavy atom. The Bertz CT molecular complexity index is 184. The van der Waals surface area contributed by atoms with Crippen LogP contribution in [0.1, 0.15) is 27.7 Å². The van der Waals surface area contributed by atoms with E-state index in [1.54, 1.807) is 6.20 Å². The predicted molar refractivity (Wildman–Crippen MR) is 59.5 cm³/mol. The minimum Gasteiger partial charge on any atom is -0.404 e. The molecule has 2 N–H and O–H groups in total. The summed E-state index contributed by atoms with van der Waals surface area (Å²) in [5.74, 6) is 0. The number of nitrogens with two attached hydrogens (primary N) is 1. The number of hydrogen-bond donors (Lipinski definition) is 1. The smallest absolute Gasteiger partial charge is 0.0139 e. The third-order valence-corrected chi connectivity index (χ3v) is 2.69. The van der Waals surface area contributed by atoms with Gasteiger partial charge in [0.1, 0.15) is 0 Å². The van der Waals surface area contributed by atoms with E-state index in [9.17, 15) is 0 Å². The summed E-state index contributed by atoms with van der Waals surface area (Å²) in [5, 5.41) is 0. The van der Waals surface area contributed by atoms with Gasteiger partial charge < -0.3 is 5.73 Å². The first-order valence-electron chi connectivity index (χ1n) is 3.68. The van der Waals surface area contributed by atoms with Gasteiger partial charge >= 0.3 is 0 Å². The van der Waals surface area contributed by atoms with Crippen LogP contribution in [0.5, 0.6) is 0 Å². The van der Waals surface area contributed by atoms with Gasteiger partial charge in [-0.15, -0.1) is 0 Å². The van der Waals surface area contributed by atoms with Crippen molar-refractivity contribution in [3.8, 4) is 0 Å². The normalized spacial score (nSPS) is 15.4. The zero-order chi connectivity index (χ0) is 9.07. The quantitative estimate of drug-likeness (QED) is 0.571. The standard InChI is InChI=1S/C9H16IN/c1-5-8(10)7(6-11)9(2,3)4/h5-6H,11H2,1-4H3/b7-6+,8-5+. The average Bonchev–Trinajstić information content (AvgIpc) is 1.86. The second kappa shape index (κ2) is 4.14. The molecule has 0 spiro atoms. The van der Waals surface area contributed by atoms with Gasteiger partial charge in [0.15, 0.2) is 0 Å². The van der Waals surface area contributed by atoms with E-state index in [0.717, 1.165) is 0 Å². The van der Waals surface area contributed by atoms with Crippen LogP contribution in [0.25, 0.3) is 0 Å². The maximum Gasteiger partial charge on any atom is 0.0139 e. The fourth-order valence-electron chi connectivity index (χ4n) is 0.843. The van der Waals surface area contributed by atoms with E-state index < -0.39 is 0 Å². The minimum absolute atomic E-state index is 0.151. The van der Waals surface area contributed by atoms with Crippen molar-refractivity contribution in [1.29, 1.82) is 0 Å². The molecule has 0 aliphatic carbocycles. The first kappa shape index (κ1) is 11.0. The summed E-state index contributed by atoms with van der Waals surface area (Å²) in [6.45, 7) is 8.51. The Labute approximate surface area is 82.9 Å². The van der Waals surface area contributed by atoms with Crippen molar-refractivity contribution < 1.29 is 0 Å². The molecule has 0 aliphatic rings. The third-order valence-electron chi connectivity index (χ3n) is 1.49. The van der Waals surface area contributed by atoms with Crippen molar-refractivity contribution in [3.63, 3.8) is 0 Å². The van der Waals surface area contributed by atoms with E-state index in [1.807, 2.05) is 6.92 Å². The zero-order valence-electron chi connectivity index (χ0n) is 7.61. The summed E-state index contributed by atoms with van der Waals surface area (Å²) in [6, 6.07) is 0. The second-order valence-electron chi connectivity index (χ2n) is 3.47. The third kappa shape index (κ3) is 3.27. The molecule has 0 heterocycles. The highest BCUT2D eigenvalue weighted by atomic mass is 127. The minimum atomic E-state index is 0.151. The van der Waals surface area contributed by atoms with Crippen LogP contribution in [0.2, 0.25) is 0 Å². The summed E-state index contributed by atoms with van der Waals surface area (Å²) >= 11 is 2.31. The molecule has 0 saturated heterocycles. The molecule has 0 fully saturated rings. The van der Waals surface area contributed by atoms with Crippen LogP contribution in [0, 0.1) is 5.41 Å². The van der Waals surface area contributed by atoms with Crippen molar-refractivity contribution in [2.24, 2.45) is 11.1 Å². The highest BCUT2D eigenvalue weighted by Crippen LogP contribution is 2.33. The van der Waals surface area contributed by atoms with E-state index in [1.165, 1.54) is 9.15 Å². The van der Waals surface area contributed by atoms with Gasteiger partial charge in [0.25, 0.3) is 0 Å². The van der Waals surface area contributed by atoms with Crippen LogP contribution >= 0.6 is 22.6 Å². The zero-order valence-corrected chi connectivity index (χ0v) is 9.77. The van der Waals surface area contributed by atoms with Crippen LogP contribution in [0.3, 0.4) is 0 Å². The molecule has 0 radical (unpaired) electrons. The first-order valence-corrected chi connectivity index (χ1v) is 4.76. The number of allylic oxidation sites excluding steroid dienone is 3. The lowest BCUT2D eigenvalue weighted by molar-refractivity contribution is 0.515. The van der Waals surface area contributed by atoms with Crippen LogP contribution in [-0.4, -0.2) is 0 Å². The maximum atomic E-state index is 5.53. The molecule has 0 unspecified atom stereocenters. The van der Waals surface area contributed by atoms with Crippen molar-refractivity contribution in [2.45, 2.75) is 27.7 Å². The molecular formula is C9H16IN. The maximum absolute atomic E-state index is 5.53. The highest BCUT2D eigenvalue weighted by molar-refractivity contribution is 14.1. The Morgan fingerprint density at radius 1 is 1.36 bits per heavy atom. The molecule has 0 atom stereocenters. The lowest BCUT2D eigenvalue weighted by Gasteiger charge is -2.22. The lowest BCUT2D eigenvalue weighted by Crippen LogP contribution is -2.11. The molecule has 2 heteroatoms. The lowest BCUT2D eigenvalue weighted by atomic mass is 9.87. The van der Waals surface area contributed by atoms with E-state index >= 15 is 0 Å². The fraction of sp³-hybridized carbons (Fsp3) is 0.556. The number of halogens is 1. The van der Waals surface area contributed by atoms with Crippen LogP contribution in [0.4, 0.5) is 0 Å². The molecule has 64 valence electrons. The SMILES string of the molecule is C/C=C(I)\C(=C/N)C(C)(C)C. The Morgan fingerprint density at radius 2 is 1.82 bits per heavy atom. The molecule has 11 heavy (non-hydrogen) atoms. The van der Waals surface area contributed by atoms with E-state index in [2.05, 4.69) is 49.4 Å². The van der Waals surface area contributed by atoms with E-state index in [-0.39, 0.29) is 5.41 Å². The average molecular weight is 265 g/mol. The summed E-state index contributed by atoms with van der Waals surface area (Å²) in [5.41, 5.74) is 6.89. The van der Waals surface area contributed by atoms with Crippen LogP contribution < -0.4 is 5.73 Å². The van der Waals surface area contributed by atoms with Crippen molar-refractivity contribution in [3.05, 3.63) is 21.4 Å². The van der Waals surface area contributed by atoms with Gasteiger partial charge in [-0.05, 0) is 46.7 Å². The number of rotatable bonds is 1. The molecule has 1 nitrogen and oxygen atoms in total.